The van der Waals surface area contributed by atoms with Crippen molar-refractivity contribution in [3.63, 3.8) is 0 Å². The smallest absolute Gasteiger partial charge is 0.118 e. The van der Waals surface area contributed by atoms with Crippen LogP contribution in [0.5, 0.6) is 5.75 Å². The van der Waals surface area contributed by atoms with Gasteiger partial charge in [-0.15, -0.1) is 0 Å². The van der Waals surface area contributed by atoms with Gasteiger partial charge in [0.2, 0.25) is 0 Å². The summed E-state index contributed by atoms with van der Waals surface area (Å²) in [4.78, 5) is 2.37. The molecule has 1 aromatic rings. The molecule has 1 heterocycles. The van der Waals surface area contributed by atoms with Crippen LogP contribution in [0.25, 0.3) is 0 Å². The standard InChI is InChI=1S/C16H25NO2/c1-12(2)14-8-9-17(10-14)11-16(18)13-4-6-15(19-3)7-5-13/h4-7,12,14,16,18H,8-11H2,1-3H3. The highest BCUT2D eigenvalue weighted by molar-refractivity contribution is 5.28. The van der Waals surface area contributed by atoms with Crippen molar-refractivity contribution in [3.05, 3.63) is 29.8 Å². The van der Waals surface area contributed by atoms with Gasteiger partial charge in [-0.1, -0.05) is 26.0 Å². The summed E-state index contributed by atoms with van der Waals surface area (Å²) in [5.74, 6) is 2.35. The predicted octanol–water partition coefficient (Wildman–Crippen LogP) is 2.71. The zero-order valence-electron chi connectivity index (χ0n) is 12.2. The fourth-order valence-corrected chi connectivity index (χ4v) is 2.75. The fraction of sp³-hybridized carbons (Fsp3) is 0.625. The first-order valence-corrected chi connectivity index (χ1v) is 7.14. The first-order valence-electron chi connectivity index (χ1n) is 7.14. The molecule has 1 saturated heterocycles. The third kappa shape index (κ3) is 3.71. The zero-order valence-corrected chi connectivity index (χ0v) is 12.2. The van der Waals surface area contributed by atoms with Gasteiger partial charge in [-0.25, -0.2) is 0 Å². The Morgan fingerprint density at radius 1 is 1.32 bits per heavy atom. The van der Waals surface area contributed by atoms with E-state index >= 15 is 0 Å². The van der Waals surface area contributed by atoms with E-state index in [9.17, 15) is 5.11 Å². The average Bonchev–Trinajstić information content (AvgIpc) is 2.87. The maximum Gasteiger partial charge on any atom is 0.118 e. The van der Waals surface area contributed by atoms with Gasteiger partial charge in [0.05, 0.1) is 13.2 Å². The lowest BCUT2D eigenvalue weighted by Gasteiger charge is -2.21. The number of β-amino-alcohol motifs (C(OH)–C–C–N with tert-alkyl or cyclic N) is 1. The average molecular weight is 263 g/mol. The summed E-state index contributed by atoms with van der Waals surface area (Å²) in [5, 5.41) is 10.3. The maximum absolute atomic E-state index is 10.3. The van der Waals surface area contributed by atoms with Crippen molar-refractivity contribution in [2.75, 3.05) is 26.7 Å². The molecule has 2 unspecified atom stereocenters. The molecule has 3 heteroatoms. The molecule has 1 aliphatic heterocycles. The molecule has 3 nitrogen and oxygen atoms in total. The molecule has 1 fully saturated rings. The summed E-state index contributed by atoms with van der Waals surface area (Å²) >= 11 is 0. The van der Waals surface area contributed by atoms with E-state index < -0.39 is 6.10 Å². The second-order valence-electron chi connectivity index (χ2n) is 5.84. The highest BCUT2D eigenvalue weighted by atomic mass is 16.5. The molecule has 0 saturated carbocycles. The van der Waals surface area contributed by atoms with Crippen LogP contribution in [0, 0.1) is 11.8 Å². The minimum atomic E-state index is -0.406. The van der Waals surface area contributed by atoms with Gasteiger partial charge in [-0.2, -0.15) is 0 Å². The molecule has 0 amide bonds. The van der Waals surface area contributed by atoms with E-state index in [0.717, 1.165) is 42.8 Å². The molecule has 19 heavy (non-hydrogen) atoms. The number of aliphatic hydroxyl groups excluding tert-OH is 1. The Morgan fingerprint density at radius 3 is 2.53 bits per heavy atom. The van der Waals surface area contributed by atoms with Crippen molar-refractivity contribution >= 4 is 0 Å². The monoisotopic (exact) mass is 263 g/mol. The van der Waals surface area contributed by atoms with Crippen LogP contribution in [-0.4, -0.2) is 36.8 Å². The lowest BCUT2D eigenvalue weighted by Crippen LogP contribution is -2.27. The second-order valence-corrected chi connectivity index (χ2v) is 5.84. The Balaban J connectivity index is 1.88. The number of hydrogen-bond donors (Lipinski definition) is 1. The van der Waals surface area contributed by atoms with Crippen molar-refractivity contribution in [1.29, 1.82) is 0 Å². The molecule has 0 aliphatic carbocycles. The predicted molar refractivity (Wildman–Crippen MR) is 77.3 cm³/mol. The first-order chi connectivity index (χ1) is 9.10. The molecule has 0 aromatic heterocycles. The van der Waals surface area contributed by atoms with E-state index in [0.29, 0.717) is 0 Å². The highest BCUT2D eigenvalue weighted by Crippen LogP contribution is 2.26. The largest absolute Gasteiger partial charge is 0.497 e. The van der Waals surface area contributed by atoms with Gasteiger partial charge in [-0.05, 0) is 42.5 Å². The van der Waals surface area contributed by atoms with Gasteiger partial charge in [0.1, 0.15) is 5.75 Å². The fourth-order valence-electron chi connectivity index (χ4n) is 2.75. The minimum Gasteiger partial charge on any atom is -0.497 e. The van der Waals surface area contributed by atoms with E-state index in [1.807, 2.05) is 24.3 Å². The van der Waals surface area contributed by atoms with Crippen molar-refractivity contribution in [1.82, 2.24) is 4.90 Å². The van der Waals surface area contributed by atoms with Gasteiger partial charge < -0.3 is 14.7 Å². The number of likely N-dealkylation sites (tertiary alicyclic amines) is 1. The molecular weight excluding hydrogens is 238 g/mol. The first kappa shape index (κ1) is 14.4. The number of ether oxygens (including phenoxy) is 1. The van der Waals surface area contributed by atoms with Crippen LogP contribution in [0.2, 0.25) is 0 Å². The van der Waals surface area contributed by atoms with Crippen LogP contribution in [0.15, 0.2) is 24.3 Å². The highest BCUT2D eigenvalue weighted by Gasteiger charge is 2.26. The van der Waals surface area contributed by atoms with Gasteiger partial charge in [0.25, 0.3) is 0 Å². The number of methoxy groups -OCH3 is 1. The molecule has 2 rings (SSSR count). The van der Waals surface area contributed by atoms with Gasteiger partial charge >= 0.3 is 0 Å². The van der Waals surface area contributed by atoms with Crippen molar-refractivity contribution in [2.24, 2.45) is 11.8 Å². The SMILES string of the molecule is COc1ccc(C(O)CN2CCC(C(C)C)C2)cc1. The lowest BCUT2D eigenvalue weighted by molar-refractivity contribution is 0.122. The Bertz CT molecular complexity index is 388. The molecule has 1 aliphatic rings. The number of benzene rings is 1. The van der Waals surface area contributed by atoms with Crippen LogP contribution in [0.3, 0.4) is 0 Å². The topological polar surface area (TPSA) is 32.7 Å². The number of aliphatic hydroxyl groups is 1. The van der Waals surface area contributed by atoms with E-state index in [2.05, 4.69) is 18.7 Å². The van der Waals surface area contributed by atoms with Gasteiger partial charge in [0, 0.05) is 13.1 Å². The normalized spacial score (nSPS) is 21.8. The molecular formula is C16H25NO2. The Hall–Kier alpha value is -1.06. The Morgan fingerprint density at radius 2 is 2.00 bits per heavy atom. The number of hydrogen-bond acceptors (Lipinski definition) is 3. The van der Waals surface area contributed by atoms with Crippen molar-refractivity contribution in [3.8, 4) is 5.75 Å². The van der Waals surface area contributed by atoms with Crippen molar-refractivity contribution < 1.29 is 9.84 Å². The molecule has 2 atom stereocenters. The van der Waals surface area contributed by atoms with Crippen LogP contribution in [-0.2, 0) is 0 Å². The molecule has 1 N–H and O–H groups in total. The van der Waals surface area contributed by atoms with Gasteiger partial charge in [0.15, 0.2) is 0 Å². The summed E-state index contributed by atoms with van der Waals surface area (Å²) in [6.45, 7) is 7.53. The summed E-state index contributed by atoms with van der Waals surface area (Å²) in [6, 6.07) is 7.69. The minimum absolute atomic E-state index is 0.406. The molecule has 1 aromatic carbocycles. The molecule has 106 valence electrons. The van der Waals surface area contributed by atoms with Crippen LogP contribution < -0.4 is 4.74 Å². The van der Waals surface area contributed by atoms with E-state index in [4.69, 9.17) is 4.74 Å². The third-order valence-electron chi connectivity index (χ3n) is 4.18. The van der Waals surface area contributed by atoms with Crippen LogP contribution >= 0.6 is 0 Å². The molecule has 0 bridgehead atoms. The van der Waals surface area contributed by atoms with Gasteiger partial charge in [-0.3, -0.25) is 0 Å². The molecule has 0 spiro atoms. The summed E-state index contributed by atoms with van der Waals surface area (Å²) < 4.78 is 5.13. The van der Waals surface area contributed by atoms with Crippen molar-refractivity contribution in [2.45, 2.75) is 26.4 Å². The third-order valence-corrected chi connectivity index (χ3v) is 4.18. The maximum atomic E-state index is 10.3. The Labute approximate surface area is 116 Å². The summed E-state index contributed by atoms with van der Waals surface area (Å²) in [7, 11) is 1.65. The second kappa shape index (κ2) is 6.40. The quantitative estimate of drug-likeness (QED) is 0.886. The number of rotatable bonds is 5. The lowest BCUT2D eigenvalue weighted by atomic mass is 9.95. The van der Waals surface area contributed by atoms with E-state index in [-0.39, 0.29) is 0 Å². The van der Waals surface area contributed by atoms with Crippen LogP contribution in [0.1, 0.15) is 31.9 Å². The molecule has 0 radical (unpaired) electrons. The zero-order chi connectivity index (χ0) is 13.8. The van der Waals surface area contributed by atoms with E-state index in [1.54, 1.807) is 7.11 Å². The van der Waals surface area contributed by atoms with Crippen LogP contribution in [0.4, 0.5) is 0 Å². The summed E-state index contributed by atoms with van der Waals surface area (Å²) in [6.07, 6.45) is 0.851. The number of nitrogens with zero attached hydrogens (tertiary/aromatic N) is 1. The van der Waals surface area contributed by atoms with E-state index in [1.165, 1.54) is 6.42 Å². The summed E-state index contributed by atoms with van der Waals surface area (Å²) in [5.41, 5.74) is 0.966. The Kier molecular flexibility index (Phi) is 4.83.